The summed E-state index contributed by atoms with van der Waals surface area (Å²) in [4.78, 5) is 21.7. The molecule has 1 rings (SSSR count). The molecule has 4 heteroatoms. The molecule has 1 heterocycles. The minimum Gasteiger partial charge on any atom is -0.463 e. The van der Waals surface area contributed by atoms with Crippen LogP contribution in [0.25, 0.3) is 0 Å². The molecule has 0 bridgehead atoms. The molecule has 4 nitrogen and oxygen atoms in total. The maximum Gasteiger partial charge on any atom is 0.330 e. The summed E-state index contributed by atoms with van der Waals surface area (Å²) in [6.07, 6.45) is 2.56. The lowest BCUT2D eigenvalue weighted by Gasteiger charge is -2.05. The van der Waals surface area contributed by atoms with Gasteiger partial charge in [0, 0.05) is 18.5 Å². The highest BCUT2D eigenvalue weighted by atomic mass is 16.5. The van der Waals surface area contributed by atoms with Gasteiger partial charge in [-0.3, -0.25) is 4.79 Å². The first-order chi connectivity index (χ1) is 6.24. The van der Waals surface area contributed by atoms with Crippen LogP contribution in [0.15, 0.2) is 12.7 Å². The van der Waals surface area contributed by atoms with E-state index in [2.05, 4.69) is 11.9 Å². The molecule has 1 aliphatic heterocycles. The van der Waals surface area contributed by atoms with E-state index in [9.17, 15) is 9.59 Å². The Balaban J connectivity index is 2.15. The van der Waals surface area contributed by atoms with E-state index in [1.54, 1.807) is 0 Å². The van der Waals surface area contributed by atoms with Gasteiger partial charge in [0.25, 0.3) is 0 Å². The zero-order valence-electron chi connectivity index (χ0n) is 7.41. The summed E-state index contributed by atoms with van der Waals surface area (Å²) in [7, 11) is 0. The first kappa shape index (κ1) is 9.77. The number of ether oxygens (including phenoxy) is 1. The third-order valence-corrected chi connectivity index (χ3v) is 2.04. The molecule has 13 heavy (non-hydrogen) atoms. The van der Waals surface area contributed by atoms with E-state index in [1.165, 1.54) is 0 Å². The number of nitrogens with one attached hydrogen (secondary N) is 1. The average molecular weight is 183 g/mol. The molecule has 0 spiro atoms. The van der Waals surface area contributed by atoms with E-state index in [4.69, 9.17) is 4.74 Å². The normalized spacial score (nSPS) is 20.9. The second kappa shape index (κ2) is 4.64. The number of esters is 1. The Morgan fingerprint density at radius 3 is 3.08 bits per heavy atom. The van der Waals surface area contributed by atoms with Crippen LogP contribution in [0.3, 0.4) is 0 Å². The van der Waals surface area contributed by atoms with Crippen LogP contribution in [0.1, 0.15) is 12.8 Å². The molecular formula is C9H13NO3. The van der Waals surface area contributed by atoms with Crippen molar-refractivity contribution in [2.24, 2.45) is 5.92 Å². The molecule has 0 aromatic carbocycles. The Hall–Kier alpha value is -1.32. The average Bonchev–Trinajstić information content (AvgIpc) is 2.52. The second-order valence-corrected chi connectivity index (χ2v) is 2.94. The van der Waals surface area contributed by atoms with Crippen molar-refractivity contribution in [1.29, 1.82) is 0 Å². The number of carbonyl (C=O) groups is 2. The molecule has 1 aliphatic rings. The van der Waals surface area contributed by atoms with Gasteiger partial charge in [0.05, 0.1) is 6.61 Å². The van der Waals surface area contributed by atoms with Gasteiger partial charge in [-0.05, 0) is 12.8 Å². The van der Waals surface area contributed by atoms with Crippen molar-refractivity contribution in [2.75, 3.05) is 13.2 Å². The fraction of sp³-hybridized carbons (Fsp3) is 0.556. The van der Waals surface area contributed by atoms with Gasteiger partial charge in [0.2, 0.25) is 5.91 Å². The molecule has 1 atom stereocenters. The largest absolute Gasteiger partial charge is 0.463 e. The van der Waals surface area contributed by atoms with Crippen molar-refractivity contribution in [3.05, 3.63) is 12.7 Å². The molecular weight excluding hydrogens is 170 g/mol. The Labute approximate surface area is 76.9 Å². The van der Waals surface area contributed by atoms with Gasteiger partial charge in [0.15, 0.2) is 0 Å². The van der Waals surface area contributed by atoms with Gasteiger partial charge in [-0.2, -0.15) is 0 Å². The maximum absolute atomic E-state index is 11.0. The number of rotatable bonds is 4. The second-order valence-electron chi connectivity index (χ2n) is 2.94. The molecule has 72 valence electrons. The van der Waals surface area contributed by atoms with Gasteiger partial charge < -0.3 is 10.1 Å². The lowest BCUT2D eigenvalue weighted by Crippen LogP contribution is -2.20. The quantitative estimate of drug-likeness (QED) is 0.502. The highest BCUT2D eigenvalue weighted by molar-refractivity contribution is 5.81. The van der Waals surface area contributed by atoms with E-state index < -0.39 is 5.97 Å². The van der Waals surface area contributed by atoms with Crippen molar-refractivity contribution in [1.82, 2.24) is 5.32 Å². The topological polar surface area (TPSA) is 55.4 Å². The predicted octanol–water partition coefficient (Wildman–Crippen LogP) is 0.242. The molecule has 0 aromatic heterocycles. The minimum atomic E-state index is -0.432. The molecule has 0 aliphatic carbocycles. The van der Waals surface area contributed by atoms with Crippen LogP contribution < -0.4 is 5.32 Å². The minimum absolute atomic E-state index is 0.0117. The molecule has 1 amide bonds. The Morgan fingerprint density at radius 1 is 1.77 bits per heavy atom. The predicted molar refractivity (Wildman–Crippen MR) is 46.9 cm³/mol. The van der Waals surface area contributed by atoms with Crippen molar-refractivity contribution < 1.29 is 14.3 Å². The lowest BCUT2D eigenvalue weighted by molar-refractivity contribution is -0.138. The van der Waals surface area contributed by atoms with Crippen LogP contribution >= 0.6 is 0 Å². The summed E-state index contributed by atoms with van der Waals surface area (Å²) in [5.41, 5.74) is 0. The number of amides is 1. The lowest BCUT2D eigenvalue weighted by atomic mass is 10.1. The highest BCUT2D eigenvalue weighted by Gasteiger charge is 2.23. The monoisotopic (exact) mass is 183 g/mol. The van der Waals surface area contributed by atoms with Gasteiger partial charge in [0.1, 0.15) is 0 Å². The summed E-state index contributed by atoms with van der Waals surface area (Å²) in [5.74, 6) is -0.356. The van der Waals surface area contributed by atoms with Crippen LogP contribution in [-0.2, 0) is 14.3 Å². The van der Waals surface area contributed by atoms with E-state index in [0.29, 0.717) is 13.0 Å². The Bertz CT molecular complexity index is 225. The van der Waals surface area contributed by atoms with Gasteiger partial charge in [-0.25, -0.2) is 4.79 Å². The molecule has 1 unspecified atom stereocenters. The molecule has 0 saturated carbocycles. The molecule has 0 aromatic rings. The van der Waals surface area contributed by atoms with Crippen molar-refractivity contribution in [2.45, 2.75) is 12.8 Å². The first-order valence-corrected chi connectivity index (χ1v) is 4.31. The summed E-state index contributed by atoms with van der Waals surface area (Å²) < 4.78 is 4.76. The van der Waals surface area contributed by atoms with Crippen LogP contribution in [0.2, 0.25) is 0 Å². The third kappa shape index (κ3) is 2.89. The van der Waals surface area contributed by atoms with E-state index in [1.807, 2.05) is 0 Å². The van der Waals surface area contributed by atoms with E-state index in [0.717, 1.165) is 19.0 Å². The van der Waals surface area contributed by atoms with Crippen LogP contribution in [0.4, 0.5) is 0 Å². The van der Waals surface area contributed by atoms with Gasteiger partial charge in [-0.1, -0.05) is 6.58 Å². The van der Waals surface area contributed by atoms with Gasteiger partial charge >= 0.3 is 5.97 Å². The Kier molecular flexibility index (Phi) is 3.49. The smallest absolute Gasteiger partial charge is 0.330 e. The number of carbonyl (C=O) groups excluding carboxylic acids is 2. The zero-order valence-corrected chi connectivity index (χ0v) is 7.41. The third-order valence-electron chi connectivity index (χ3n) is 2.04. The molecule has 1 N–H and O–H groups in total. The van der Waals surface area contributed by atoms with Crippen molar-refractivity contribution in [3.63, 3.8) is 0 Å². The SMILES string of the molecule is C=CC(=O)OCCC1CCNC1=O. The fourth-order valence-corrected chi connectivity index (χ4v) is 1.28. The molecule has 1 fully saturated rings. The summed E-state index contributed by atoms with van der Waals surface area (Å²) in [5, 5.41) is 2.72. The Morgan fingerprint density at radius 2 is 2.54 bits per heavy atom. The maximum atomic E-state index is 11.0. The van der Waals surface area contributed by atoms with Crippen LogP contribution in [0, 0.1) is 5.92 Å². The first-order valence-electron chi connectivity index (χ1n) is 4.31. The van der Waals surface area contributed by atoms with Crippen LogP contribution in [0.5, 0.6) is 0 Å². The van der Waals surface area contributed by atoms with Gasteiger partial charge in [-0.15, -0.1) is 0 Å². The summed E-state index contributed by atoms with van der Waals surface area (Å²) in [6.45, 7) is 4.30. The number of hydrogen-bond acceptors (Lipinski definition) is 3. The number of hydrogen-bond donors (Lipinski definition) is 1. The summed E-state index contributed by atoms with van der Waals surface area (Å²) in [6, 6.07) is 0. The fourth-order valence-electron chi connectivity index (χ4n) is 1.28. The highest BCUT2D eigenvalue weighted by Crippen LogP contribution is 2.13. The zero-order chi connectivity index (χ0) is 9.68. The van der Waals surface area contributed by atoms with E-state index >= 15 is 0 Å². The standard InChI is InChI=1S/C9H13NO3/c1-2-8(11)13-6-4-7-3-5-10-9(7)12/h2,7H,1,3-6H2,(H,10,12). The molecule has 1 saturated heterocycles. The van der Waals surface area contributed by atoms with E-state index in [-0.39, 0.29) is 11.8 Å². The molecule has 0 radical (unpaired) electrons. The van der Waals surface area contributed by atoms with Crippen molar-refractivity contribution >= 4 is 11.9 Å². The van der Waals surface area contributed by atoms with Crippen molar-refractivity contribution in [3.8, 4) is 0 Å². The van der Waals surface area contributed by atoms with Crippen LogP contribution in [-0.4, -0.2) is 25.0 Å². The summed E-state index contributed by atoms with van der Waals surface area (Å²) >= 11 is 0.